The minimum atomic E-state index is 0.599. The first-order valence-electron chi connectivity index (χ1n) is 6.63. The summed E-state index contributed by atoms with van der Waals surface area (Å²) in [6.45, 7) is 2.60. The molecule has 0 aliphatic carbocycles. The van der Waals surface area contributed by atoms with Crippen molar-refractivity contribution < 1.29 is 0 Å². The number of nitrogens with zero attached hydrogens (tertiary/aromatic N) is 2. The molecule has 102 valence electrons. The third kappa shape index (κ3) is 2.19. The number of aromatic nitrogens is 2. The van der Waals surface area contributed by atoms with E-state index in [0.29, 0.717) is 6.54 Å². The monoisotopic (exact) mass is 285 g/mol. The Morgan fingerprint density at radius 1 is 1.25 bits per heavy atom. The molecular formula is C16H16ClN3. The van der Waals surface area contributed by atoms with E-state index in [1.165, 1.54) is 0 Å². The van der Waals surface area contributed by atoms with E-state index in [1.54, 1.807) is 0 Å². The number of fused-ring (bicyclic) bond motifs is 1. The van der Waals surface area contributed by atoms with Crippen molar-refractivity contribution in [3.8, 4) is 11.3 Å². The Labute approximate surface area is 123 Å². The van der Waals surface area contributed by atoms with E-state index in [4.69, 9.17) is 22.3 Å². The lowest BCUT2D eigenvalue weighted by Gasteiger charge is -2.05. The third-order valence-electron chi connectivity index (χ3n) is 3.44. The molecule has 3 aromatic rings. The fourth-order valence-corrected chi connectivity index (χ4v) is 2.56. The predicted molar refractivity (Wildman–Crippen MR) is 83.1 cm³/mol. The molecule has 0 amide bonds. The summed E-state index contributed by atoms with van der Waals surface area (Å²) in [5.74, 6) is 0. The van der Waals surface area contributed by atoms with E-state index in [-0.39, 0.29) is 0 Å². The molecule has 0 radical (unpaired) electrons. The molecule has 1 aromatic carbocycles. The molecule has 2 heterocycles. The zero-order valence-electron chi connectivity index (χ0n) is 11.3. The summed E-state index contributed by atoms with van der Waals surface area (Å²) in [6.07, 6.45) is 2.82. The fraction of sp³-hybridized carbons (Fsp3) is 0.188. The lowest BCUT2D eigenvalue weighted by molar-refractivity contribution is 0.907. The highest BCUT2D eigenvalue weighted by Gasteiger charge is 2.13. The topological polar surface area (TPSA) is 43.3 Å². The van der Waals surface area contributed by atoms with E-state index < -0.39 is 0 Å². The van der Waals surface area contributed by atoms with Gasteiger partial charge in [-0.15, -0.1) is 0 Å². The van der Waals surface area contributed by atoms with Gasteiger partial charge in [-0.1, -0.05) is 23.7 Å². The Morgan fingerprint density at radius 3 is 2.85 bits per heavy atom. The van der Waals surface area contributed by atoms with Crippen molar-refractivity contribution in [1.29, 1.82) is 0 Å². The summed E-state index contributed by atoms with van der Waals surface area (Å²) in [5.41, 5.74) is 11.0. The van der Waals surface area contributed by atoms with Crippen LogP contribution in [0.4, 0.5) is 0 Å². The summed E-state index contributed by atoms with van der Waals surface area (Å²) in [4.78, 5) is 4.74. The van der Waals surface area contributed by atoms with E-state index in [9.17, 15) is 0 Å². The number of pyridine rings is 1. The van der Waals surface area contributed by atoms with Gasteiger partial charge in [0.2, 0.25) is 0 Å². The molecule has 0 fully saturated rings. The normalized spacial score (nSPS) is 11.2. The van der Waals surface area contributed by atoms with Gasteiger partial charge >= 0.3 is 0 Å². The van der Waals surface area contributed by atoms with Crippen molar-refractivity contribution in [2.24, 2.45) is 5.73 Å². The Bertz CT molecular complexity index is 762. The SMILES string of the molecule is Cc1cc(-c2nc3ccccn3c2CCN)ccc1Cl. The van der Waals surface area contributed by atoms with Gasteiger partial charge in [-0.2, -0.15) is 0 Å². The molecule has 0 saturated carbocycles. The highest BCUT2D eigenvalue weighted by atomic mass is 35.5. The summed E-state index contributed by atoms with van der Waals surface area (Å²) in [6, 6.07) is 12.0. The molecule has 0 atom stereocenters. The van der Waals surface area contributed by atoms with E-state index in [2.05, 4.69) is 10.5 Å². The van der Waals surface area contributed by atoms with Crippen LogP contribution in [0, 0.1) is 6.92 Å². The van der Waals surface area contributed by atoms with Crippen LogP contribution in [0.2, 0.25) is 5.02 Å². The molecule has 0 spiro atoms. The number of benzene rings is 1. The van der Waals surface area contributed by atoms with Crippen molar-refractivity contribution in [3.05, 3.63) is 58.9 Å². The van der Waals surface area contributed by atoms with Gasteiger partial charge in [-0.25, -0.2) is 4.98 Å². The van der Waals surface area contributed by atoms with Crippen LogP contribution >= 0.6 is 11.6 Å². The molecular weight excluding hydrogens is 270 g/mol. The maximum Gasteiger partial charge on any atom is 0.137 e. The van der Waals surface area contributed by atoms with Crippen LogP contribution in [0.25, 0.3) is 16.9 Å². The summed E-state index contributed by atoms with van der Waals surface area (Å²) in [7, 11) is 0. The quantitative estimate of drug-likeness (QED) is 0.801. The summed E-state index contributed by atoms with van der Waals surface area (Å²) < 4.78 is 2.10. The Balaban J connectivity index is 2.23. The number of imidazole rings is 1. The zero-order chi connectivity index (χ0) is 14.1. The predicted octanol–water partition coefficient (Wildman–Crippen LogP) is 3.46. The minimum absolute atomic E-state index is 0.599. The second kappa shape index (κ2) is 5.27. The second-order valence-electron chi connectivity index (χ2n) is 4.84. The van der Waals surface area contributed by atoms with Crippen molar-refractivity contribution in [3.63, 3.8) is 0 Å². The van der Waals surface area contributed by atoms with Crippen molar-refractivity contribution >= 4 is 17.2 Å². The zero-order valence-corrected chi connectivity index (χ0v) is 12.1. The molecule has 0 saturated heterocycles. The van der Waals surface area contributed by atoms with Gasteiger partial charge in [0.1, 0.15) is 5.65 Å². The van der Waals surface area contributed by atoms with Crippen LogP contribution in [0.1, 0.15) is 11.3 Å². The first kappa shape index (κ1) is 13.2. The Morgan fingerprint density at radius 2 is 2.10 bits per heavy atom. The maximum absolute atomic E-state index is 6.10. The minimum Gasteiger partial charge on any atom is -0.330 e. The van der Waals surface area contributed by atoms with Gasteiger partial charge in [0, 0.05) is 23.2 Å². The molecule has 2 aromatic heterocycles. The summed E-state index contributed by atoms with van der Waals surface area (Å²) >= 11 is 6.10. The maximum atomic E-state index is 6.10. The fourth-order valence-electron chi connectivity index (χ4n) is 2.45. The van der Waals surface area contributed by atoms with Gasteiger partial charge in [0.15, 0.2) is 0 Å². The van der Waals surface area contributed by atoms with E-state index in [1.807, 2.05) is 43.5 Å². The number of halogens is 1. The molecule has 0 bridgehead atoms. The Hall–Kier alpha value is -1.84. The first-order chi connectivity index (χ1) is 9.70. The number of rotatable bonds is 3. The number of hydrogen-bond acceptors (Lipinski definition) is 2. The molecule has 0 aliphatic rings. The van der Waals surface area contributed by atoms with Gasteiger partial charge in [-0.05, 0) is 43.3 Å². The van der Waals surface area contributed by atoms with E-state index >= 15 is 0 Å². The van der Waals surface area contributed by atoms with Crippen molar-refractivity contribution in [2.45, 2.75) is 13.3 Å². The molecule has 20 heavy (non-hydrogen) atoms. The van der Waals surface area contributed by atoms with Gasteiger partial charge < -0.3 is 10.1 Å². The van der Waals surface area contributed by atoms with E-state index in [0.717, 1.165) is 39.6 Å². The number of aryl methyl sites for hydroxylation is 1. The van der Waals surface area contributed by atoms with Crippen LogP contribution < -0.4 is 5.73 Å². The molecule has 3 nitrogen and oxygen atoms in total. The second-order valence-corrected chi connectivity index (χ2v) is 5.25. The van der Waals surface area contributed by atoms with Gasteiger partial charge in [-0.3, -0.25) is 0 Å². The standard InChI is InChI=1S/C16H16ClN3/c1-11-10-12(5-6-13(11)17)16-14(7-8-18)20-9-3-2-4-15(20)19-16/h2-6,9-10H,7-8,18H2,1H3. The lowest BCUT2D eigenvalue weighted by Crippen LogP contribution is -2.06. The average Bonchev–Trinajstić information content (AvgIpc) is 2.82. The summed E-state index contributed by atoms with van der Waals surface area (Å²) in [5, 5.41) is 0.776. The number of nitrogens with two attached hydrogens (primary N) is 1. The van der Waals surface area contributed by atoms with Crippen LogP contribution in [0.15, 0.2) is 42.6 Å². The first-order valence-corrected chi connectivity index (χ1v) is 7.01. The molecule has 2 N–H and O–H groups in total. The highest BCUT2D eigenvalue weighted by molar-refractivity contribution is 6.31. The molecule has 3 rings (SSSR count). The van der Waals surface area contributed by atoms with Gasteiger partial charge in [0.05, 0.1) is 11.4 Å². The van der Waals surface area contributed by atoms with Crippen molar-refractivity contribution in [2.75, 3.05) is 6.54 Å². The van der Waals surface area contributed by atoms with Crippen LogP contribution in [-0.4, -0.2) is 15.9 Å². The third-order valence-corrected chi connectivity index (χ3v) is 3.87. The number of hydrogen-bond donors (Lipinski definition) is 1. The largest absolute Gasteiger partial charge is 0.330 e. The molecule has 4 heteroatoms. The van der Waals surface area contributed by atoms with Crippen LogP contribution in [0.5, 0.6) is 0 Å². The Kier molecular flexibility index (Phi) is 3.47. The van der Waals surface area contributed by atoms with Crippen molar-refractivity contribution in [1.82, 2.24) is 9.38 Å². The molecule has 0 aliphatic heterocycles. The smallest absolute Gasteiger partial charge is 0.137 e. The highest BCUT2D eigenvalue weighted by Crippen LogP contribution is 2.28. The molecule has 0 unspecified atom stereocenters. The van der Waals surface area contributed by atoms with Gasteiger partial charge in [0.25, 0.3) is 0 Å². The average molecular weight is 286 g/mol. The van der Waals surface area contributed by atoms with Crippen LogP contribution in [0.3, 0.4) is 0 Å². The lowest BCUT2D eigenvalue weighted by atomic mass is 10.1. The van der Waals surface area contributed by atoms with Crippen LogP contribution in [-0.2, 0) is 6.42 Å².